The Bertz CT molecular complexity index is 279. The monoisotopic (exact) mass is 144 g/mol. The van der Waals surface area contributed by atoms with Crippen molar-refractivity contribution in [2.75, 3.05) is 0 Å². The number of hydrogen-bond acceptors (Lipinski definition) is 2. The summed E-state index contributed by atoms with van der Waals surface area (Å²) < 4.78 is 0. The first-order chi connectivity index (χ1) is 5.36. The van der Waals surface area contributed by atoms with E-state index in [0.717, 1.165) is 11.1 Å². The smallest absolute Gasteiger partial charge is 0.0846 e. The van der Waals surface area contributed by atoms with Crippen LogP contribution in [0.15, 0.2) is 29.4 Å². The standard InChI is InChI=1S/C9H8N2/c1-2-8-3-5-9(6-4-8)7-11-10/h1,3-6,10H,7H2. The van der Waals surface area contributed by atoms with Crippen molar-refractivity contribution in [2.45, 2.75) is 6.54 Å². The lowest BCUT2D eigenvalue weighted by molar-refractivity contribution is 0.908. The molecule has 1 N–H and O–H groups in total. The number of nitrogens with one attached hydrogen (secondary N) is 1. The van der Waals surface area contributed by atoms with Gasteiger partial charge in [-0.05, 0) is 17.7 Å². The molecule has 1 rings (SSSR count). The summed E-state index contributed by atoms with van der Waals surface area (Å²) in [6, 6.07) is 7.46. The van der Waals surface area contributed by atoms with Crippen LogP contribution in [0.2, 0.25) is 0 Å². The van der Waals surface area contributed by atoms with Gasteiger partial charge < -0.3 is 0 Å². The van der Waals surface area contributed by atoms with Gasteiger partial charge in [0.25, 0.3) is 0 Å². The summed E-state index contributed by atoms with van der Waals surface area (Å²) in [6.07, 6.45) is 5.16. The van der Waals surface area contributed by atoms with E-state index < -0.39 is 0 Å². The number of nitrogens with zero attached hydrogens (tertiary/aromatic N) is 1. The zero-order chi connectivity index (χ0) is 8.10. The minimum absolute atomic E-state index is 0.435. The van der Waals surface area contributed by atoms with Crippen molar-refractivity contribution in [1.82, 2.24) is 0 Å². The van der Waals surface area contributed by atoms with Gasteiger partial charge in [0, 0.05) is 5.56 Å². The molecule has 1 aromatic carbocycles. The molecule has 0 aliphatic carbocycles. The summed E-state index contributed by atoms with van der Waals surface area (Å²) in [5.41, 5.74) is 8.50. The second-order valence-electron chi connectivity index (χ2n) is 2.16. The molecule has 0 fully saturated rings. The Morgan fingerprint density at radius 1 is 1.36 bits per heavy atom. The number of benzene rings is 1. The Hall–Kier alpha value is -1.62. The quantitative estimate of drug-likeness (QED) is 0.488. The van der Waals surface area contributed by atoms with Crippen LogP contribution >= 0.6 is 0 Å². The first-order valence-electron chi connectivity index (χ1n) is 3.25. The van der Waals surface area contributed by atoms with Gasteiger partial charge in [-0.1, -0.05) is 18.1 Å². The third-order valence-corrected chi connectivity index (χ3v) is 1.38. The SMILES string of the molecule is C#Cc1ccc(CN=N)cc1. The predicted molar refractivity (Wildman–Crippen MR) is 43.2 cm³/mol. The molecule has 0 bridgehead atoms. The van der Waals surface area contributed by atoms with E-state index in [0.29, 0.717) is 6.54 Å². The molecule has 54 valence electrons. The van der Waals surface area contributed by atoms with E-state index in [1.165, 1.54) is 0 Å². The van der Waals surface area contributed by atoms with Gasteiger partial charge in [0.15, 0.2) is 0 Å². The van der Waals surface area contributed by atoms with Crippen LogP contribution in [0.3, 0.4) is 0 Å². The predicted octanol–water partition coefficient (Wildman–Crippen LogP) is 2.20. The van der Waals surface area contributed by atoms with E-state index in [2.05, 4.69) is 11.0 Å². The molecule has 0 unspecified atom stereocenters. The van der Waals surface area contributed by atoms with Crippen LogP contribution in [0, 0.1) is 17.9 Å². The van der Waals surface area contributed by atoms with Gasteiger partial charge >= 0.3 is 0 Å². The molecule has 0 radical (unpaired) electrons. The molecule has 0 aromatic heterocycles. The summed E-state index contributed by atoms with van der Waals surface area (Å²) in [5.74, 6) is 2.52. The van der Waals surface area contributed by atoms with Crippen LogP contribution < -0.4 is 0 Å². The van der Waals surface area contributed by atoms with Gasteiger partial charge in [0.2, 0.25) is 0 Å². The Kier molecular flexibility index (Phi) is 2.40. The molecule has 2 nitrogen and oxygen atoms in total. The number of rotatable bonds is 2. The van der Waals surface area contributed by atoms with Crippen LogP contribution in [-0.4, -0.2) is 0 Å². The highest BCUT2D eigenvalue weighted by Gasteiger charge is 1.89. The molecule has 0 atom stereocenters. The second-order valence-corrected chi connectivity index (χ2v) is 2.16. The average molecular weight is 144 g/mol. The van der Waals surface area contributed by atoms with Crippen LogP contribution in [0.4, 0.5) is 0 Å². The molecule has 0 saturated carbocycles. The van der Waals surface area contributed by atoms with Gasteiger partial charge in [-0.2, -0.15) is 5.11 Å². The van der Waals surface area contributed by atoms with E-state index in [9.17, 15) is 0 Å². The third kappa shape index (κ3) is 1.91. The summed E-state index contributed by atoms with van der Waals surface area (Å²) >= 11 is 0. The summed E-state index contributed by atoms with van der Waals surface area (Å²) in [7, 11) is 0. The average Bonchev–Trinajstić information content (AvgIpc) is 2.07. The van der Waals surface area contributed by atoms with Crippen LogP contribution in [-0.2, 0) is 6.54 Å². The van der Waals surface area contributed by atoms with Crippen molar-refractivity contribution in [3.63, 3.8) is 0 Å². The van der Waals surface area contributed by atoms with E-state index in [1.807, 2.05) is 24.3 Å². The maximum Gasteiger partial charge on any atom is 0.0846 e. The Morgan fingerprint density at radius 3 is 2.45 bits per heavy atom. The number of terminal acetylenes is 1. The molecule has 0 aliphatic heterocycles. The first-order valence-corrected chi connectivity index (χ1v) is 3.25. The maximum atomic E-state index is 6.62. The fourth-order valence-electron chi connectivity index (χ4n) is 0.798. The molecule has 1 aromatic rings. The van der Waals surface area contributed by atoms with Crippen molar-refractivity contribution in [1.29, 1.82) is 5.53 Å². The lowest BCUT2D eigenvalue weighted by atomic mass is 10.1. The van der Waals surface area contributed by atoms with E-state index >= 15 is 0 Å². The Labute approximate surface area is 65.8 Å². The van der Waals surface area contributed by atoms with Crippen LogP contribution in [0.25, 0.3) is 0 Å². The van der Waals surface area contributed by atoms with Crippen LogP contribution in [0.5, 0.6) is 0 Å². The zero-order valence-corrected chi connectivity index (χ0v) is 6.04. The van der Waals surface area contributed by atoms with Gasteiger partial charge in [-0.3, -0.25) is 0 Å². The highest BCUT2D eigenvalue weighted by Crippen LogP contribution is 2.03. The van der Waals surface area contributed by atoms with E-state index in [4.69, 9.17) is 12.0 Å². The van der Waals surface area contributed by atoms with Gasteiger partial charge in [0.05, 0.1) is 6.54 Å². The molecule has 0 saturated heterocycles. The van der Waals surface area contributed by atoms with E-state index in [1.54, 1.807) is 0 Å². The summed E-state index contributed by atoms with van der Waals surface area (Å²) in [5, 5.41) is 3.26. The van der Waals surface area contributed by atoms with Crippen molar-refractivity contribution >= 4 is 0 Å². The van der Waals surface area contributed by atoms with Gasteiger partial charge in [-0.25, -0.2) is 5.53 Å². The zero-order valence-electron chi connectivity index (χ0n) is 6.04. The fourth-order valence-corrected chi connectivity index (χ4v) is 0.798. The first kappa shape index (κ1) is 7.49. The molecule has 0 spiro atoms. The van der Waals surface area contributed by atoms with Crippen molar-refractivity contribution in [2.24, 2.45) is 5.11 Å². The largest absolute Gasteiger partial charge is 0.210 e. The molecule has 0 amide bonds. The minimum atomic E-state index is 0.435. The molecular weight excluding hydrogens is 136 g/mol. The normalized spacial score (nSPS) is 8.64. The molecule has 11 heavy (non-hydrogen) atoms. The van der Waals surface area contributed by atoms with Crippen LogP contribution in [0.1, 0.15) is 11.1 Å². The summed E-state index contributed by atoms with van der Waals surface area (Å²) in [6.45, 7) is 0.435. The van der Waals surface area contributed by atoms with Gasteiger partial charge in [-0.15, -0.1) is 6.42 Å². The minimum Gasteiger partial charge on any atom is -0.210 e. The lowest BCUT2D eigenvalue weighted by Crippen LogP contribution is -1.80. The molecule has 2 heteroatoms. The molecule has 0 aliphatic rings. The summed E-state index contributed by atoms with van der Waals surface area (Å²) in [4.78, 5) is 0. The fraction of sp³-hybridized carbons (Fsp3) is 0.111. The van der Waals surface area contributed by atoms with Crippen molar-refractivity contribution in [3.05, 3.63) is 35.4 Å². The Morgan fingerprint density at radius 2 is 2.00 bits per heavy atom. The van der Waals surface area contributed by atoms with E-state index in [-0.39, 0.29) is 0 Å². The lowest BCUT2D eigenvalue weighted by Gasteiger charge is -1.93. The topological polar surface area (TPSA) is 36.2 Å². The van der Waals surface area contributed by atoms with Crippen molar-refractivity contribution < 1.29 is 0 Å². The maximum absolute atomic E-state index is 6.62. The third-order valence-electron chi connectivity index (χ3n) is 1.38. The highest BCUT2D eigenvalue weighted by molar-refractivity contribution is 5.34. The second kappa shape index (κ2) is 3.52. The van der Waals surface area contributed by atoms with Crippen molar-refractivity contribution in [3.8, 4) is 12.3 Å². The molecular formula is C9H8N2. The Balaban J connectivity index is 2.84. The highest BCUT2D eigenvalue weighted by atomic mass is 14.9. The molecule has 0 heterocycles. The van der Waals surface area contributed by atoms with Gasteiger partial charge in [0.1, 0.15) is 0 Å². The number of hydrogen-bond donors (Lipinski definition) is 1.